The van der Waals surface area contributed by atoms with Crippen LogP contribution in [-0.2, 0) is 4.79 Å². The van der Waals surface area contributed by atoms with E-state index in [4.69, 9.17) is 11.6 Å². The first kappa shape index (κ1) is 15.2. The van der Waals surface area contributed by atoms with Gasteiger partial charge in [-0.25, -0.2) is 4.39 Å². The number of benzene rings is 2. The van der Waals surface area contributed by atoms with E-state index in [0.29, 0.717) is 5.02 Å². The number of hydrogen-bond donors (Lipinski definition) is 1. The van der Waals surface area contributed by atoms with Crippen molar-refractivity contribution in [2.75, 3.05) is 5.32 Å². The maximum absolute atomic E-state index is 13.6. The molecule has 0 saturated heterocycles. The Labute approximate surface area is 123 Å². The minimum absolute atomic E-state index is 0.0285. The molecule has 110 valence electrons. The molecule has 3 nitrogen and oxygen atoms in total. The van der Waals surface area contributed by atoms with Gasteiger partial charge >= 0.3 is 12.0 Å². The van der Waals surface area contributed by atoms with Gasteiger partial charge in [-0.2, -0.15) is 8.78 Å². The number of carbonyl (C=O) groups excluding carboxylic acids is 1. The van der Waals surface area contributed by atoms with Crippen LogP contribution in [0.5, 0.6) is 5.75 Å². The predicted molar refractivity (Wildman–Crippen MR) is 72.1 cm³/mol. The van der Waals surface area contributed by atoms with Crippen LogP contribution in [0.25, 0.3) is 0 Å². The molecule has 2 aromatic carbocycles. The number of nitrogens with one attached hydrogen (secondary N) is 1. The normalized spacial score (nSPS) is 11.0. The van der Waals surface area contributed by atoms with Gasteiger partial charge in [-0.05, 0) is 48.5 Å². The minimum Gasteiger partial charge on any atom is -0.425 e. The lowest BCUT2D eigenvalue weighted by molar-refractivity contribution is -0.187. The van der Waals surface area contributed by atoms with E-state index < -0.39 is 17.8 Å². The number of hydrogen-bond acceptors (Lipinski definition) is 2. The smallest absolute Gasteiger partial charge is 0.425 e. The third kappa shape index (κ3) is 4.13. The van der Waals surface area contributed by atoms with Crippen molar-refractivity contribution in [1.29, 1.82) is 0 Å². The number of carbonyl (C=O) groups is 1. The van der Waals surface area contributed by atoms with Crippen LogP contribution in [0.3, 0.4) is 0 Å². The predicted octanol–water partition coefficient (Wildman–Crippen LogP) is 4.09. The Kier molecular flexibility index (Phi) is 4.37. The summed E-state index contributed by atoms with van der Waals surface area (Å²) in [6, 6.07) is 9.51. The number of amides is 1. The van der Waals surface area contributed by atoms with Gasteiger partial charge in [0.2, 0.25) is 0 Å². The second-order valence-corrected chi connectivity index (χ2v) is 4.47. The average molecular weight is 316 g/mol. The highest BCUT2D eigenvalue weighted by molar-refractivity contribution is 6.30. The molecule has 2 aromatic rings. The van der Waals surface area contributed by atoms with Crippen LogP contribution in [0.4, 0.5) is 18.9 Å². The Balaban J connectivity index is 2.05. The van der Waals surface area contributed by atoms with Crippen molar-refractivity contribution in [1.82, 2.24) is 0 Å². The van der Waals surface area contributed by atoms with Gasteiger partial charge in [0.15, 0.2) is 0 Å². The molecule has 1 amide bonds. The zero-order chi connectivity index (χ0) is 15.5. The average Bonchev–Trinajstić information content (AvgIpc) is 2.43. The molecule has 0 atom stereocenters. The van der Waals surface area contributed by atoms with Crippen LogP contribution < -0.4 is 10.1 Å². The quantitative estimate of drug-likeness (QED) is 0.923. The monoisotopic (exact) mass is 315 g/mol. The fraction of sp³-hybridized carbons (Fsp3) is 0.0714. The van der Waals surface area contributed by atoms with E-state index in [2.05, 4.69) is 4.74 Å². The second-order valence-electron chi connectivity index (χ2n) is 4.03. The Bertz CT molecular complexity index is 630. The highest BCUT2D eigenvalue weighted by atomic mass is 35.5. The number of alkyl halides is 2. The number of halogens is 4. The van der Waals surface area contributed by atoms with Crippen molar-refractivity contribution in [2.24, 2.45) is 0 Å². The highest BCUT2D eigenvalue weighted by Crippen LogP contribution is 2.24. The summed E-state index contributed by atoms with van der Waals surface area (Å²) in [5, 5.41) is 2.28. The first-order valence-corrected chi connectivity index (χ1v) is 6.14. The van der Waals surface area contributed by atoms with Crippen molar-refractivity contribution in [2.45, 2.75) is 6.11 Å². The molecule has 0 bridgehead atoms. The third-order valence-corrected chi connectivity index (χ3v) is 2.68. The highest BCUT2D eigenvalue weighted by Gasteiger charge is 2.42. The summed E-state index contributed by atoms with van der Waals surface area (Å²) in [6.45, 7) is 0. The van der Waals surface area contributed by atoms with E-state index >= 15 is 0 Å². The van der Waals surface area contributed by atoms with E-state index in [9.17, 15) is 18.0 Å². The van der Waals surface area contributed by atoms with E-state index in [1.807, 2.05) is 5.32 Å². The lowest BCUT2D eigenvalue weighted by atomic mass is 10.3. The summed E-state index contributed by atoms with van der Waals surface area (Å²) < 4.78 is 44.3. The molecule has 0 unspecified atom stereocenters. The van der Waals surface area contributed by atoms with Gasteiger partial charge < -0.3 is 10.1 Å². The second kappa shape index (κ2) is 6.05. The molecule has 0 spiro atoms. The lowest BCUT2D eigenvalue weighted by Crippen LogP contribution is -2.39. The van der Waals surface area contributed by atoms with Crippen molar-refractivity contribution in [3.8, 4) is 5.75 Å². The molecular weight excluding hydrogens is 307 g/mol. The van der Waals surface area contributed by atoms with Crippen molar-refractivity contribution < 1.29 is 22.7 Å². The SMILES string of the molecule is O=C(Nc1ccc(F)cc1)C(F)(F)Oc1ccc(Cl)cc1. The molecule has 2 rings (SSSR count). The van der Waals surface area contributed by atoms with E-state index in [1.54, 1.807) is 0 Å². The van der Waals surface area contributed by atoms with Crippen molar-refractivity contribution >= 4 is 23.2 Å². The Morgan fingerprint density at radius 2 is 1.62 bits per heavy atom. The van der Waals surface area contributed by atoms with Crippen LogP contribution in [-0.4, -0.2) is 12.0 Å². The minimum atomic E-state index is -4.08. The first-order valence-electron chi connectivity index (χ1n) is 5.76. The van der Waals surface area contributed by atoms with Crippen molar-refractivity contribution in [3.05, 3.63) is 59.4 Å². The van der Waals surface area contributed by atoms with Crippen LogP contribution >= 0.6 is 11.6 Å². The summed E-state index contributed by atoms with van der Waals surface area (Å²) in [5.74, 6) is -2.42. The summed E-state index contributed by atoms with van der Waals surface area (Å²) in [6.07, 6.45) is -4.08. The standard InChI is InChI=1S/C14H9ClF3NO2/c15-9-1-7-12(8-2-9)21-14(17,18)13(20)19-11-5-3-10(16)4-6-11/h1-8H,(H,19,20). The Morgan fingerprint density at radius 3 is 2.19 bits per heavy atom. The summed E-state index contributed by atoms with van der Waals surface area (Å²) >= 11 is 5.61. The topological polar surface area (TPSA) is 38.3 Å². The van der Waals surface area contributed by atoms with Crippen LogP contribution in [0.1, 0.15) is 0 Å². The fourth-order valence-corrected chi connectivity index (χ4v) is 1.56. The molecule has 0 aliphatic heterocycles. The molecule has 1 N–H and O–H groups in total. The number of anilines is 1. The summed E-state index contributed by atoms with van der Waals surface area (Å²) in [4.78, 5) is 11.5. The van der Waals surface area contributed by atoms with E-state index in [0.717, 1.165) is 24.3 Å². The van der Waals surface area contributed by atoms with Gasteiger partial charge in [0, 0.05) is 10.7 Å². The molecule has 21 heavy (non-hydrogen) atoms. The van der Waals surface area contributed by atoms with Gasteiger partial charge in [0.1, 0.15) is 11.6 Å². The lowest BCUT2D eigenvalue weighted by Gasteiger charge is -2.17. The van der Waals surface area contributed by atoms with Gasteiger partial charge in [-0.15, -0.1) is 0 Å². The molecule has 0 radical (unpaired) electrons. The number of ether oxygens (including phenoxy) is 1. The Hall–Kier alpha value is -2.21. The first-order chi connectivity index (χ1) is 9.87. The van der Waals surface area contributed by atoms with Gasteiger partial charge in [-0.1, -0.05) is 11.6 Å². The van der Waals surface area contributed by atoms with Crippen LogP contribution in [0, 0.1) is 5.82 Å². The molecule has 0 aliphatic carbocycles. The van der Waals surface area contributed by atoms with Crippen LogP contribution in [0.2, 0.25) is 5.02 Å². The van der Waals surface area contributed by atoms with Crippen molar-refractivity contribution in [3.63, 3.8) is 0 Å². The zero-order valence-electron chi connectivity index (χ0n) is 10.4. The molecule has 0 aliphatic rings. The Morgan fingerprint density at radius 1 is 1.05 bits per heavy atom. The molecule has 7 heteroatoms. The third-order valence-electron chi connectivity index (χ3n) is 2.43. The van der Waals surface area contributed by atoms with E-state index in [1.165, 1.54) is 24.3 Å². The zero-order valence-corrected chi connectivity index (χ0v) is 11.2. The van der Waals surface area contributed by atoms with Gasteiger partial charge in [0.05, 0.1) is 0 Å². The molecule has 0 heterocycles. The fourth-order valence-electron chi connectivity index (χ4n) is 1.43. The maximum atomic E-state index is 13.6. The largest absolute Gasteiger partial charge is 0.482 e. The van der Waals surface area contributed by atoms with E-state index in [-0.39, 0.29) is 11.4 Å². The van der Waals surface area contributed by atoms with Gasteiger partial charge in [0.25, 0.3) is 0 Å². The molecule has 0 aromatic heterocycles. The molecular formula is C14H9ClF3NO2. The summed E-state index contributed by atoms with van der Waals surface area (Å²) in [5.41, 5.74) is 0.0285. The van der Waals surface area contributed by atoms with Gasteiger partial charge in [-0.3, -0.25) is 4.79 Å². The van der Waals surface area contributed by atoms with Crippen LogP contribution in [0.15, 0.2) is 48.5 Å². The molecule has 0 saturated carbocycles. The summed E-state index contributed by atoms with van der Waals surface area (Å²) in [7, 11) is 0. The maximum Gasteiger partial charge on any atom is 0.482 e. The number of rotatable bonds is 4. The molecule has 0 fully saturated rings.